The molecular formula is C25H20ClF3N4O. The number of para-hydroxylation sites is 2. The van der Waals surface area contributed by atoms with E-state index in [1.54, 1.807) is 37.3 Å². The van der Waals surface area contributed by atoms with E-state index < -0.39 is 17.8 Å². The van der Waals surface area contributed by atoms with E-state index in [4.69, 9.17) is 11.6 Å². The van der Waals surface area contributed by atoms with Gasteiger partial charge in [-0.25, -0.2) is 9.48 Å². The number of aromatic nitrogens is 2. The minimum absolute atomic E-state index is 0.0752. The molecule has 0 saturated carbocycles. The Morgan fingerprint density at radius 3 is 2.29 bits per heavy atom. The van der Waals surface area contributed by atoms with Crippen LogP contribution in [0.1, 0.15) is 16.8 Å². The molecule has 1 aromatic heterocycles. The molecule has 0 aliphatic rings. The van der Waals surface area contributed by atoms with Crippen LogP contribution in [0.15, 0.2) is 84.9 Å². The van der Waals surface area contributed by atoms with Gasteiger partial charge in [0, 0.05) is 16.9 Å². The van der Waals surface area contributed by atoms with E-state index in [9.17, 15) is 18.0 Å². The second-order valence-corrected chi connectivity index (χ2v) is 7.89. The molecule has 9 heteroatoms. The molecule has 0 unspecified atom stereocenters. The molecule has 0 aliphatic carbocycles. The van der Waals surface area contributed by atoms with Crippen LogP contribution in [0.5, 0.6) is 0 Å². The molecule has 0 atom stereocenters. The van der Waals surface area contributed by atoms with Gasteiger partial charge >= 0.3 is 12.2 Å². The minimum Gasteiger partial charge on any atom is -0.308 e. The van der Waals surface area contributed by atoms with Crippen LogP contribution in [0.3, 0.4) is 0 Å². The second-order valence-electron chi connectivity index (χ2n) is 7.53. The maximum absolute atomic E-state index is 13.4. The predicted molar refractivity (Wildman–Crippen MR) is 126 cm³/mol. The summed E-state index contributed by atoms with van der Waals surface area (Å²) in [7, 11) is 0. The fraction of sp³-hybridized carbons (Fsp3) is 0.120. The molecule has 0 fully saturated rings. The summed E-state index contributed by atoms with van der Waals surface area (Å²) < 4.78 is 41.6. The topological polar surface area (TPSA) is 50.2 Å². The number of rotatable bonds is 5. The summed E-state index contributed by atoms with van der Waals surface area (Å²) in [6, 6.07) is 21.9. The molecule has 4 aromatic rings. The summed E-state index contributed by atoms with van der Waals surface area (Å²) in [4.78, 5) is 14.5. The highest BCUT2D eigenvalue weighted by Crippen LogP contribution is 2.33. The normalized spacial score (nSPS) is 11.3. The predicted octanol–water partition coefficient (Wildman–Crippen LogP) is 7.09. The average Bonchev–Trinajstić information content (AvgIpc) is 3.11. The fourth-order valence-corrected chi connectivity index (χ4v) is 3.78. The highest BCUT2D eigenvalue weighted by Gasteiger charge is 2.32. The number of hydrogen-bond acceptors (Lipinski definition) is 2. The maximum Gasteiger partial charge on any atom is 0.416 e. The van der Waals surface area contributed by atoms with Gasteiger partial charge in [0.15, 0.2) is 0 Å². The first-order valence-electron chi connectivity index (χ1n) is 10.3. The number of benzene rings is 3. The van der Waals surface area contributed by atoms with Gasteiger partial charge in [-0.05, 0) is 49.4 Å². The zero-order chi connectivity index (χ0) is 24.3. The first-order valence-corrected chi connectivity index (χ1v) is 10.7. The molecule has 4 rings (SSSR count). The van der Waals surface area contributed by atoms with Crippen molar-refractivity contribution < 1.29 is 18.0 Å². The zero-order valence-electron chi connectivity index (χ0n) is 18.1. The van der Waals surface area contributed by atoms with Crippen molar-refractivity contribution in [2.75, 3.05) is 10.2 Å². The van der Waals surface area contributed by atoms with Crippen molar-refractivity contribution in [3.63, 3.8) is 0 Å². The average molecular weight is 485 g/mol. The van der Waals surface area contributed by atoms with Gasteiger partial charge < -0.3 is 5.32 Å². The third-order valence-electron chi connectivity index (χ3n) is 5.19. The number of alkyl halides is 3. The molecule has 174 valence electrons. The van der Waals surface area contributed by atoms with Crippen LogP contribution in [-0.4, -0.2) is 15.8 Å². The molecule has 0 aliphatic heterocycles. The number of carbonyl (C=O) groups excluding carboxylic acids is 1. The summed E-state index contributed by atoms with van der Waals surface area (Å²) in [6.45, 7) is 1.65. The van der Waals surface area contributed by atoms with Crippen molar-refractivity contribution in [2.45, 2.75) is 19.6 Å². The van der Waals surface area contributed by atoms with Crippen molar-refractivity contribution in [1.82, 2.24) is 9.78 Å². The van der Waals surface area contributed by atoms with E-state index in [-0.39, 0.29) is 17.4 Å². The van der Waals surface area contributed by atoms with Gasteiger partial charge in [0.2, 0.25) is 0 Å². The molecule has 0 saturated heterocycles. The van der Waals surface area contributed by atoms with Crippen LogP contribution in [0.2, 0.25) is 5.15 Å². The Balaban J connectivity index is 1.74. The standard InChI is InChI=1S/C25H20ClF3N4O/c1-17-22(23(26)33(31-17)20-12-6-3-7-13-20)16-32(24(34)30-19-10-4-2-5-11-19)21-14-8-9-18(15-21)25(27,28)29/h2-15H,16H2,1H3,(H,30,34). The third kappa shape index (κ3) is 5.07. The monoisotopic (exact) mass is 484 g/mol. The number of nitrogens with one attached hydrogen (secondary N) is 1. The molecule has 0 spiro atoms. The van der Waals surface area contributed by atoms with Crippen LogP contribution in [0, 0.1) is 6.92 Å². The Kier molecular flexibility index (Phi) is 6.61. The number of carbonyl (C=O) groups is 1. The van der Waals surface area contributed by atoms with Gasteiger partial charge in [-0.3, -0.25) is 4.90 Å². The van der Waals surface area contributed by atoms with Crippen LogP contribution >= 0.6 is 11.6 Å². The first-order chi connectivity index (χ1) is 16.2. The number of halogens is 4. The van der Waals surface area contributed by atoms with E-state index in [1.165, 1.54) is 21.7 Å². The molecule has 34 heavy (non-hydrogen) atoms. The number of nitrogens with zero attached hydrogens (tertiary/aromatic N) is 3. The molecule has 1 heterocycles. The summed E-state index contributed by atoms with van der Waals surface area (Å²) in [5.74, 6) is 0. The van der Waals surface area contributed by atoms with E-state index >= 15 is 0 Å². The molecule has 0 radical (unpaired) electrons. The second kappa shape index (κ2) is 9.61. The van der Waals surface area contributed by atoms with Gasteiger partial charge in [0.1, 0.15) is 5.15 Å². The lowest BCUT2D eigenvalue weighted by molar-refractivity contribution is -0.137. The summed E-state index contributed by atoms with van der Waals surface area (Å²) in [6.07, 6.45) is -4.55. The van der Waals surface area contributed by atoms with Crippen LogP contribution in [-0.2, 0) is 12.7 Å². The molecule has 3 aromatic carbocycles. The molecular weight excluding hydrogens is 465 g/mol. The Morgan fingerprint density at radius 1 is 1.00 bits per heavy atom. The lowest BCUT2D eigenvalue weighted by Gasteiger charge is -2.24. The van der Waals surface area contributed by atoms with Gasteiger partial charge in [-0.1, -0.05) is 54.1 Å². The van der Waals surface area contributed by atoms with Gasteiger partial charge in [-0.15, -0.1) is 0 Å². The Bertz CT molecular complexity index is 1290. The van der Waals surface area contributed by atoms with Crippen molar-refractivity contribution in [3.8, 4) is 5.69 Å². The fourth-order valence-electron chi connectivity index (χ4n) is 3.45. The molecule has 1 N–H and O–H groups in total. The quantitative estimate of drug-likeness (QED) is 0.328. The maximum atomic E-state index is 13.4. The number of amides is 2. The number of hydrogen-bond donors (Lipinski definition) is 1. The SMILES string of the molecule is Cc1nn(-c2ccccc2)c(Cl)c1CN(C(=O)Nc1ccccc1)c1cccc(C(F)(F)F)c1. The smallest absolute Gasteiger partial charge is 0.308 e. The largest absolute Gasteiger partial charge is 0.416 e. The lowest BCUT2D eigenvalue weighted by atomic mass is 10.1. The summed E-state index contributed by atoms with van der Waals surface area (Å²) in [5, 5.41) is 7.48. The van der Waals surface area contributed by atoms with Crippen molar-refractivity contribution in [3.05, 3.63) is 107 Å². The van der Waals surface area contributed by atoms with E-state index in [0.29, 0.717) is 16.9 Å². The number of aryl methyl sites for hydroxylation is 1. The highest BCUT2D eigenvalue weighted by atomic mass is 35.5. The molecule has 0 bridgehead atoms. The van der Waals surface area contributed by atoms with Crippen molar-refractivity contribution in [2.24, 2.45) is 0 Å². The summed E-state index contributed by atoms with van der Waals surface area (Å²) in [5.41, 5.74) is 1.52. The molecule has 2 amide bonds. The van der Waals surface area contributed by atoms with Gasteiger partial charge in [-0.2, -0.15) is 18.3 Å². The first kappa shape index (κ1) is 23.4. The number of urea groups is 1. The highest BCUT2D eigenvalue weighted by molar-refractivity contribution is 6.30. The zero-order valence-corrected chi connectivity index (χ0v) is 18.8. The third-order valence-corrected chi connectivity index (χ3v) is 5.58. The van der Waals surface area contributed by atoms with Crippen molar-refractivity contribution in [1.29, 1.82) is 0 Å². The number of anilines is 2. The summed E-state index contributed by atoms with van der Waals surface area (Å²) >= 11 is 6.63. The van der Waals surface area contributed by atoms with Crippen LogP contribution < -0.4 is 10.2 Å². The minimum atomic E-state index is -4.55. The van der Waals surface area contributed by atoms with Gasteiger partial charge in [0.25, 0.3) is 0 Å². The van der Waals surface area contributed by atoms with Crippen LogP contribution in [0.4, 0.5) is 29.3 Å². The van der Waals surface area contributed by atoms with Crippen molar-refractivity contribution >= 4 is 29.0 Å². The van der Waals surface area contributed by atoms with Crippen LogP contribution in [0.25, 0.3) is 5.69 Å². The Hall–Kier alpha value is -3.78. The van der Waals surface area contributed by atoms with E-state index in [1.807, 2.05) is 30.3 Å². The molecule has 5 nitrogen and oxygen atoms in total. The lowest BCUT2D eigenvalue weighted by Crippen LogP contribution is -2.35. The van der Waals surface area contributed by atoms with E-state index in [0.717, 1.165) is 17.8 Å². The Morgan fingerprint density at radius 2 is 1.65 bits per heavy atom. The van der Waals surface area contributed by atoms with E-state index in [2.05, 4.69) is 10.4 Å². The Labute approximate surface area is 199 Å². The van der Waals surface area contributed by atoms with Gasteiger partial charge in [0.05, 0.1) is 23.5 Å².